The third-order valence-corrected chi connectivity index (χ3v) is 5.30. The summed E-state index contributed by atoms with van der Waals surface area (Å²) in [6, 6.07) is 13.6. The molecule has 2 heterocycles. The van der Waals surface area contributed by atoms with Gasteiger partial charge in [-0.2, -0.15) is 0 Å². The number of urea groups is 1. The lowest BCUT2D eigenvalue weighted by atomic mass is 10.0. The standard InChI is InChI=1S/C24H18ClN3O6/c1-13-10-14(23(31)32)2-8-18(13)20-9-7-17(34-20)11-19-22(30)28(24(33)27-19)12-21(29)26-16-5-3-15(25)4-6-16/h2-11H,12H2,1H3,(H,26,29)(H,27,33)(H,31,32)/b19-11-. The van der Waals surface area contributed by atoms with Crippen LogP contribution < -0.4 is 10.6 Å². The fourth-order valence-corrected chi connectivity index (χ4v) is 3.51. The Morgan fingerprint density at radius 3 is 2.53 bits per heavy atom. The van der Waals surface area contributed by atoms with Gasteiger partial charge in [0.2, 0.25) is 5.91 Å². The first-order valence-corrected chi connectivity index (χ1v) is 10.4. The van der Waals surface area contributed by atoms with Crippen molar-refractivity contribution in [2.24, 2.45) is 0 Å². The smallest absolute Gasteiger partial charge is 0.335 e. The number of hydrogen-bond donors (Lipinski definition) is 3. The molecule has 34 heavy (non-hydrogen) atoms. The summed E-state index contributed by atoms with van der Waals surface area (Å²) in [4.78, 5) is 49.1. The third kappa shape index (κ3) is 4.84. The zero-order chi connectivity index (χ0) is 24.4. The molecule has 3 N–H and O–H groups in total. The summed E-state index contributed by atoms with van der Waals surface area (Å²) in [7, 11) is 0. The number of carbonyl (C=O) groups excluding carboxylic acids is 3. The van der Waals surface area contributed by atoms with Crippen molar-refractivity contribution >= 4 is 47.2 Å². The zero-order valence-electron chi connectivity index (χ0n) is 17.8. The summed E-state index contributed by atoms with van der Waals surface area (Å²) in [6.07, 6.45) is 1.36. The molecule has 4 amide bonds. The lowest BCUT2D eigenvalue weighted by Crippen LogP contribution is -2.38. The number of nitrogens with one attached hydrogen (secondary N) is 2. The maximum absolute atomic E-state index is 12.7. The van der Waals surface area contributed by atoms with Gasteiger partial charge in [-0.15, -0.1) is 0 Å². The number of imide groups is 1. The molecule has 4 rings (SSSR count). The minimum Gasteiger partial charge on any atom is -0.478 e. The van der Waals surface area contributed by atoms with Gasteiger partial charge in [0.15, 0.2) is 0 Å². The lowest BCUT2D eigenvalue weighted by molar-refractivity contribution is -0.127. The van der Waals surface area contributed by atoms with E-state index in [2.05, 4.69) is 10.6 Å². The Kier molecular flexibility index (Phi) is 6.20. The molecule has 0 bridgehead atoms. The number of nitrogens with zero attached hydrogens (tertiary/aromatic N) is 1. The summed E-state index contributed by atoms with van der Waals surface area (Å²) < 4.78 is 5.77. The summed E-state index contributed by atoms with van der Waals surface area (Å²) >= 11 is 5.81. The molecule has 1 fully saturated rings. The molecule has 0 radical (unpaired) electrons. The highest BCUT2D eigenvalue weighted by Gasteiger charge is 2.35. The van der Waals surface area contributed by atoms with Crippen molar-refractivity contribution < 1.29 is 28.7 Å². The van der Waals surface area contributed by atoms with Gasteiger partial charge < -0.3 is 20.2 Å². The summed E-state index contributed by atoms with van der Waals surface area (Å²) in [5.41, 5.74) is 2.00. The van der Waals surface area contributed by atoms with Gasteiger partial charge in [-0.3, -0.25) is 9.59 Å². The topological polar surface area (TPSA) is 129 Å². The van der Waals surface area contributed by atoms with Crippen molar-refractivity contribution in [2.45, 2.75) is 6.92 Å². The normalized spacial score (nSPS) is 14.4. The summed E-state index contributed by atoms with van der Waals surface area (Å²) in [5, 5.41) is 14.6. The van der Waals surface area contributed by atoms with Crippen LogP contribution in [0.5, 0.6) is 0 Å². The summed E-state index contributed by atoms with van der Waals surface area (Å²) in [5.74, 6) is -1.48. The fraction of sp³-hybridized carbons (Fsp3) is 0.0833. The van der Waals surface area contributed by atoms with E-state index in [4.69, 9.17) is 21.1 Å². The Hall–Kier alpha value is -4.37. The van der Waals surface area contributed by atoms with Crippen LogP contribution in [0.15, 0.2) is 64.7 Å². The van der Waals surface area contributed by atoms with Crippen LogP contribution in [-0.4, -0.2) is 40.4 Å². The first-order chi connectivity index (χ1) is 16.2. The number of aromatic carboxylic acids is 1. The van der Waals surface area contributed by atoms with Gasteiger partial charge in [0.1, 0.15) is 23.8 Å². The van der Waals surface area contributed by atoms with Crippen LogP contribution in [0.25, 0.3) is 17.4 Å². The number of halogens is 1. The number of benzene rings is 2. The van der Waals surface area contributed by atoms with Crippen molar-refractivity contribution in [3.8, 4) is 11.3 Å². The highest BCUT2D eigenvalue weighted by atomic mass is 35.5. The molecule has 1 aliphatic rings. The van der Waals surface area contributed by atoms with Crippen molar-refractivity contribution in [2.75, 3.05) is 11.9 Å². The molecular weight excluding hydrogens is 462 g/mol. The predicted octanol–water partition coefficient (Wildman–Crippen LogP) is 4.14. The van der Waals surface area contributed by atoms with Crippen molar-refractivity contribution in [3.05, 3.63) is 82.2 Å². The molecule has 3 aromatic rings. The minimum atomic E-state index is -1.03. The van der Waals surface area contributed by atoms with E-state index < -0.39 is 30.4 Å². The number of amides is 4. The molecule has 1 aliphatic heterocycles. The zero-order valence-corrected chi connectivity index (χ0v) is 18.6. The molecule has 0 unspecified atom stereocenters. The van der Waals surface area contributed by atoms with E-state index in [1.54, 1.807) is 49.4 Å². The molecule has 1 aromatic heterocycles. The quantitative estimate of drug-likeness (QED) is 0.360. The van der Waals surface area contributed by atoms with Gasteiger partial charge >= 0.3 is 12.0 Å². The monoisotopic (exact) mass is 479 g/mol. The molecule has 0 atom stereocenters. The lowest BCUT2D eigenvalue weighted by Gasteiger charge is -2.11. The first-order valence-electron chi connectivity index (χ1n) is 10.1. The Morgan fingerprint density at radius 1 is 1.12 bits per heavy atom. The molecule has 2 aromatic carbocycles. The van der Waals surface area contributed by atoms with Gasteiger partial charge in [-0.05, 0) is 61.0 Å². The summed E-state index contributed by atoms with van der Waals surface area (Å²) in [6.45, 7) is 1.29. The van der Waals surface area contributed by atoms with E-state index in [0.717, 1.165) is 4.90 Å². The van der Waals surface area contributed by atoms with E-state index in [1.807, 2.05) is 0 Å². The molecule has 10 heteroatoms. The number of carboxylic acids is 1. The van der Waals surface area contributed by atoms with Crippen molar-refractivity contribution in [1.29, 1.82) is 0 Å². The maximum atomic E-state index is 12.7. The number of hydrogen-bond acceptors (Lipinski definition) is 5. The van der Waals surface area contributed by atoms with Crippen LogP contribution in [0, 0.1) is 6.92 Å². The largest absolute Gasteiger partial charge is 0.478 e. The van der Waals surface area contributed by atoms with E-state index in [0.29, 0.717) is 33.4 Å². The third-order valence-electron chi connectivity index (χ3n) is 5.04. The SMILES string of the molecule is Cc1cc(C(=O)O)ccc1-c1ccc(/C=C2\NC(=O)N(CC(=O)Nc3ccc(Cl)cc3)C2=O)o1. The van der Waals surface area contributed by atoms with Crippen molar-refractivity contribution in [1.82, 2.24) is 10.2 Å². The molecule has 172 valence electrons. The second-order valence-electron chi connectivity index (χ2n) is 7.47. The number of furan rings is 1. The van der Waals surface area contributed by atoms with E-state index in [-0.39, 0.29) is 11.3 Å². The Balaban J connectivity index is 1.46. The van der Waals surface area contributed by atoms with Crippen LogP contribution in [0.3, 0.4) is 0 Å². The van der Waals surface area contributed by atoms with Crippen LogP contribution in [0.1, 0.15) is 21.7 Å². The number of anilines is 1. The van der Waals surface area contributed by atoms with Crippen LogP contribution in [-0.2, 0) is 9.59 Å². The van der Waals surface area contributed by atoms with Gasteiger partial charge in [-0.1, -0.05) is 17.7 Å². The molecule has 0 aliphatic carbocycles. The van der Waals surface area contributed by atoms with Crippen LogP contribution in [0.4, 0.5) is 10.5 Å². The second-order valence-corrected chi connectivity index (χ2v) is 7.91. The average Bonchev–Trinajstić information content (AvgIpc) is 3.35. The Labute approximate surface area is 198 Å². The Bertz CT molecular complexity index is 1340. The molecule has 0 spiro atoms. The van der Waals surface area contributed by atoms with Crippen LogP contribution >= 0.6 is 11.6 Å². The average molecular weight is 480 g/mol. The fourth-order valence-electron chi connectivity index (χ4n) is 3.38. The van der Waals surface area contributed by atoms with E-state index >= 15 is 0 Å². The maximum Gasteiger partial charge on any atom is 0.335 e. The van der Waals surface area contributed by atoms with Crippen LogP contribution in [0.2, 0.25) is 5.02 Å². The molecular formula is C24H18ClN3O6. The number of rotatable bonds is 6. The molecule has 1 saturated heterocycles. The minimum absolute atomic E-state index is 0.0388. The Morgan fingerprint density at radius 2 is 1.85 bits per heavy atom. The number of carboxylic acid groups (broad SMARTS) is 1. The van der Waals surface area contributed by atoms with E-state index in [9.17, 15) is 19.2 Å². The molecule has 9 nitrogen and oxygen atoms in total. The highest BCUT2D eigenvalue weighted by molar-refractivity contribution is 6.30. The van der Waals surface area contributed by atoms with Gasteiger partial charge in [-0.25, -0.2) is 14.5 Å². The van der Waals surface area contributed by atoms with E-state index in [1.165, 1.54) is 18.2 Å². The van der Waals surface area contributed by atoms with Gasteiger partial charge in [0, 0.05) is 22.3 Å². The first kappa shape index (κ1) is 22.8. The predicted molar refractivity (Wildman–Crippen MR) is 124 cm³/mol. The number of aryl methyl sites for hydroxylation is 1. The number of carbonyl (C=O) groups is 4. The van der Waals surface area contributed by atoms with Crippen molar-refractivity contribution in [3.63, 3.8) is 0 Å². The van der Waals surface area contributed by atoms with Gasteiger partial charge in [0.05, 0.1) is 5.56 Å². The van der Waals surface area contributed by atoms with Gasteiger partial charge in [0.25, 0.3) is 5.91 Å². The molecule has 0 saturated carbocycles. The second kappa shape index (κ2) is 9.24. The highest BCUT2D eigenvalue weighted by Crippen LogP contribution is 2.27.